The summed E-state index contributed by atoms with van der Waals surface area (Å²) in [7, 11) is 0. The number of carbonyl (C=O) groups excluding carboxylic acids is 2. The maximum Gasteiger partial charge on any atom is 0.255 e. The van der Waals surface area contributed by atoms with Gasteiger partial charge in [0, 0.05) is 6.54 Å². The van der Waals surface area contributed by atoms with E-state index < -0.39 is 0 Å². The van der Waals surface area contributed by atoms with Crippen molar-refractivity contribution in [2.75, 3.05) is 32.8 Å². The highest BCUT2D eigenvalue weighted by Crippen LogP contribution is 2.37. The molecule has 0 saturated carbocycles. The van der Waals surface area contributed by atoms with Crippen molar-refractivity contribution in [2.24, 2.45) is 17.3 Å². The Labute approximate surface area is 199 Å². The van der Waals surface area contributed by atoms with Crippen molar-refractivity contribution >= 4 is 11.8 Å². The van der Waals surface area contributed by atoms with Gasteiger partial charge in [-0.05, 0) is 75.7 Å². The van der Waals surface area contributed by atoms with Crippen molar-refractivity contribution < 1.29 is 14.3 Å². The van der Waals surface area contributed by atoms with Gasteiger partial charge in [0.15, 0.2) is 0 Å². The van der Waals surface area contributed by atoms with Crippen LogP contribution in [0.3, 0.4) is 0 Å². The highest BCUT2D eigenvalue weighted by Gasteiger charge is 2.41. The number of fused-ring (bicyclic) bond motifs is 1. The molecular formula is C27H43N3O3. The van der Waals surface area contributed by atoms with Crippen molar-refractivity contribution in [3.8, 4) is 5.75 Å². The fourth-order valence-electron chi connectivity index (χ4n) is 4.80. The van der Waals surface area contributed by atoms with E-state index in [0.717, 1.165) is 51.7 Å². The summed E-state index contributed by atoms with van der Waals surface area (Å²) in [6.07, 6.45) is 5.68. The molecule has 0 bridgehead atoms. The molecule has 2 aliphatic rings. The summed E-state index contributed by atoms with van der Waals surface area (Å²) < 4.78 is 6.09. The van der Waals surface area contributed by atoms with Gasteiger partial charge < -0.3 is 20.3 Å². The van der Waals surface area contributed by atoms with Crippen LogP contribution in [-0.4, -0.2) is 55.5 Å². The average molecular weight is 458 g/mol. The topological polar surface area (TPSA) is 70.7 Å². The Kier molecular flexibility index (Phi) is 9.19. The fourth-order valence-corrected chi connectivity index (χ4v) is 4.80. The third-order valence-corrected chi connectivity index (χ3v) is 7.36. The Morgan fingerprint density at radius 3 is 2.48 bits per heavy atom. The van der Waals surface area contributed by atoms with Crippen molar-refractivity contribution in [2.45, 2.75) is 72.3 Å². The van der Waals surface area contributed by atoms with E-state index >= 15 is 0 Å². The van der Waals surface area contributed by atoms with E-state index in [2.05, 4.69) is 43.2 Å². The van der Waals surface area contributed by atoms with E-state index in [-0.39, 0.29) is 29.2 Å². The largest absolute Gasteiger partial charge is 0.491 e. The molecule has 33 heavy (non-hydrogen) atoms. The summed E-state index contributed by atoms with van der Waals surface area (Å²) in [4.78, 5) is 28.9. The minimum atomic E-state index is -0.326. The zero-order valence-corrected chi connectivity index (χ0v) is 21.0. The van der Waals surface area contributed by atoms with Gasteiger partial charge in [0.1, 0.15) is 12.4 Å². The molecule has 0 aliphatic carbocycles. The average Bonchev–Trinajstić information content (AvgIpc) is 2.80. The van der Waals surface area contributed by atoms with E-state index in [4.69, 9.17) is 4.74 Å². The lowest BCUT2D eigenvalue weighted by Gasteiger charge is -2.42. The van der Waals surface area contributed by atoms with E-state index in [1.165, 1.54) is 6.42 Å². The molecule has 1 aromatic rings. The Balaban J connectivity index is 1.75. The van der Waals surface area contributed by atoms with E-state index in [9.17, 15) is 9.59 Å². The monoisotopic (exact) mass is 457 g/mol. The minimum absolute atomic E-state index is 0.0963. The molecule has 184 valence electrons. The standard InChI is InChI=1S/C27H43N3O3/c1-20(2)11-16-30-17-13-27(14-18-30)12-7-8-15-28-25(31)22-9-5-6-10-24(22)33-19-23(21(3)4)29-26(27)32/h5-6,9-10,20-21,23H,7-8,11-19H2,1-4H3,(H,28,31)(H,29,32)/t23-/m1/s1. The molecule has 3 rings (SSSR count). The summed E-state index contributed by atoms with van der Waals surface area (Å²) >= 11 is 0. The van der Waals surface area contributed by atoms with Crippen molar-refractivity contribution in [3.63, 3.8) is 0 Å². The van der Waals surface area contributed by atoms with Crippen LogP contribution in [0.15, 0.2) is 24.3 Å². The van der Waals surface area contributed by atoms with Crippen LogP contribution < -0.4 is 15.4 Å². The molecule has 1 aromatic carbocycles. The second-order valence-corrected chi connectivity index (χ2v) is 10.6. The number of piperidine rings is 1. The second-order valence-electron chi connectivity index (χ2n) is 10.6. The second kappa shape index (κ2) is 11.9. The number of rotatable bonds is 4. The maximum absolute atomic E-state index is 13.7. The summed E-state index contributed by atoms with van der Waals surface area (Å²) in [5.41, 5.74) is 0.224. The molecule has 0 aromatic heterocycles. The molecule has 2 heterocycles. The van der Waals surface area contributed by atoms with E-state index in [1.807, 2.05) is 18.2 Å². The van der Waals surface area contributed by atoms with Crippen molar-refractivity contribution in [1.29, 1.82) is 0 Å². The number of para-hydroxylation sites is 1. The number of nitrogens with zero attached hydrogens (tertiary/aromatic N) is 1. The maximum atomic E-state index is 13.7. The lowest BCUT2D eigenvalue weighted by Crippen LogP contribution is -2.53. The van der Waals surface area contributed by atoms with Crippen molar-refractivity contribution in [3.05, 3.63) is 29.8 Å². The quantitative estimate of drug-likeness (QED) is 0.709. The smallest absolute Gasteiger partial charge is 0.255 e. The third-order valence-electron chi connectivity index (χ3n) is 7.36. The summed E-state index contributed by atoms with van der Waals surface area (Å²) in [5.74, 6) is 1.58. The summed E-state index contributed by atoms with van der Waals surface area (Å²) in [6, 6.07) is 7.24. The summed E-state index contributed by atoms with van der Waals surface area (Å²) in [5, 5.41) is 6.39. The number of carbonyl (C=O) groups is 2. The molecule has 6 nitrogen and oxygen atoms in total. The zero-order chi connectivity index (χ0) is 23.8. The highest BCUT2D eigenvalue weighted by molar-refractivity contribution is 5.96. The molecule has 2 aliphatic heterocycles. The SMILES string of the molecule is CC(C)CCN1CCC2(CCCCNC(=O)c3ccccc3OC[C@H](C(C)C)NC2=O)CC1. The van der Waals surface area contributed by atoms with Gasteiger partial charge >= 0.3 is 0 Å². The number of nitrogens with one attached hydrogen (secondary N) is 2. The van der Waals surface area contributed by atoms with Crippen LogP contribution in [0.2, 0.25) is 0 Å². The van der Waals surface area contributed by atoms with Crippen LogP contribution in [0, 0.1) is 17.3 Å². The lowest BCUT2D eigenvalue weighted by atomic mass is 9.73. The first-order chi connectivity index (χ1) is 15.8. The number of hydrogen-bond acceptors (Lipinski definition) is 4. The molecule has 2 N–H and O–H groups in total. The van der Waals surface area contributed by atoms with Crippen LogP contribution in [0.1, 0.15) is 76.6 Å². The first kappa shape index (κ1) is 25.5. The molecular weight excluding hydrogens is 414 g/mol. The zero-order valence-electron chi connectivity index (χ0n) is 21.0. The Morgan fingerprint density at radius 2 is 1.79 bits per heavy atom. The first-order valence-corrected chi connectivity index (χ1v) is 12.8. The Bertz CT molecular complexity index is 785. The van der Waals surface area contributed by atoms with Gasteiger partial charge in [-0.2, -0.15) is 0 Å². The van der Waals surface area contributed by atoms with Gasteiger partial charge in [-0.15, -0.1) is 0 Å². The number of ether oxygens (including phenoxy) is 1. The van der Waals surface area contributed by atoms with E-state index in [1.54, 1.807) is 6.07 Å². The van der Waals surface area contributed by atoms with Crippen LogP contribution in [0.25, 0.3) is 0 Å². The number of likely N-dealkylation sites (tertiary alicyclic amines) is 1. The van der Waals surface area contributed by atoms with Crippen LogP contribution in [0.5, 0.6) is 5.75 Å². The summed E-state index contributed by atoms with van der Waals surface area (Å²) in [6.45, 7) is 12.8. The predicted molar refractivity (Wildman–Crippen MR) is 132 cm³/mol. The Morgan fingerprint density at radius 1 is 1.06 bits per heavy atom. The molecule has 2 amide bonds. The van der Waals surface area contributed by atoms with Gasteiger partial charge in [-0.3, -0.25) is 9.59 Å². The van der Waals surface area contributed by atoms with Crippen LogP contribution in [0.4, 0.5) is 0 Å². The van der Waals surface area contributed by atoms with Gasteiger partial charge in [-0.25, -0.2) is 0 Å². The van der Waals surface area contributed by atoms with Gasteiger partial charge in [0.05, 0.1) is 17.0 Å². The minimum Gasteiger partial charge on any atom is -0.491 e. The number of benzene rings is 1. The third kappa shape index (κ3) is 6.95. The first-order valence-electron chi connectivity index (χ1n) is 12.8. The van der Waals surface area contributed by atoms with Gasteiger partial charge in [-0.1, -0.05) is 46.2 Å². The van der Waals surface area contributed by atoms with Gasteiger partial charge in [0.25, 0.3) is 5.91 Å². The molecule has 1 saturated heterocycles. The van der Waals surface area contributed by atoms with Crippen LogP contribution in [-0.2, 0) is 4.79 Å². The van der Waals surface area contributed by atoms with Gasteiger partial charge in [0.2, 0.25) is 5.91 Å². The number of hydrogen-bond donors (Lipinski definition) is 2. The predicted octanol–water partition coefficient (Wildman–Crippen LogP) is 4.25. The number of amides is 2. The Hall–Kier alpha value is -2.08. The van der Waals surface area contributed by atoms with E-state index in [0.29, 0.717) is 30.4 Å². The highest BCUT2D eigenvalue weighted by atomic mass is 16.5. The van der Waals surface area contributed by atoms with Crippen molar-refractivity contribution in [1.82, 2.24) is 15.5 Å². The lowest BCUT2D eigenvalue weighted by molar-refractivity contribution is -0.136. The van der Waals surface area contributed by atoms with Crippen LogP contribution >= 0.6 is 0 Å². The normalized spacial score (nSPS) is 22.9. The molecule has 1 atom stereocenters. The fraction of sp³-hybridized carbons (Fsp3) is 0.704. The molecule has 1 fully saturated rings. The molecule has 6 heteroatoms. The molecule has 0 unspecified atom stereocenters. The molecule has 0 radical (unpaired) electrons. The molecule has 1 spiro atoms.